The quantitative estimate of drug-likeness (QED) is 0.613. The molecule has 0 rings (SSSR count). The van der Waals surface area contributed by atoms with Gasteiger partial charge in [0.2, 0.25) is 0 Å². The zero-order valence-corrected chi connectivity index (χ0v) is 7.91. The van der Waals surface area contributed by atoms with Gasteiger partial charge in [-0.1, -0.05) is 37.3 Å². The maximum absolute atomic E-state index is 12.3. The third-order valence-electron chi connectivity index (χ3n) is 1.24. The van der Waals surface area contributed by atoms with E-state index < -0.39 is 11.7 Å². The lowest BCUT2D eigenvalue weighted by atomic mass is 10.2. The molecule has 0 aromatic rings. The predicted molar refractivity (Wildman–Crippen MR) is 48.6 cm³/mol. The van der Waals surface area contributed by atoms with Crippen LogP contribution in [-0.4, -0.2) is 6.18 Å². The van der Waals surface area contributed by atoms with Gasteiger partial charge in [-0.3, -0.25) is 0 Å². The Hall–Kier alpha value is -0.700. The van der Waals surface area contributed by atoms with Gasteiger partial charge in [-0.05, 0) is 12.5 Å². The minimum atomic E-state index is -4.40. The second kappa shape index (κ2) is 5.12. The van der Waals surface area contributed by atoms with Gasteiger partial charge in [-0.15, -0.1) is 0 Å². The van der Waals surface area contributed by atoms with E-state index in [9.17, 15) is 13.2 Å². The lowest BCUT2D eigenvalue weighted by molar-refractivity contribution is -0.0888. The molecule has 0 nitrogen and oxygen atoms in total. The van der Waals surface area contributed by atoms with E-state index >= 15 is 0 Å². The van der Waals surface area contributed by atoms with Crippen LogP contribution in [0.15, 0.2) is 35.4 Å². The summed E-state index contributed by atoms with van der Waals surface area (Å²) >= 11 is 5.41. The van der Waals surface area contributed by atoms with Crippen LogP contribution in [0, 0.1) is 0 Å². The molecule has 0 aromatic carbocycles. The van der Waals surface area contributed by atoms with Crippen LogP contribution in [-0.2, 0) is 0 Å². The van der Waals surface area contributed by atoms with Gasteiger partial charge in [0.25, 0.3) is 0 Å². The highest BCUT2D eigenvalue weighted by molar-refractivity contribution is 6.32. The molecule has 13 heavy (non-hydrogen) atoms. The standard InChI is InChI=1S/C9H10ClF3/c1-3-5-7(9(11,12)13)8(10)6-4-2/h4-6H,2-3H2,1H3/b7-5+,8-6+. The summed E-state index contributed by atoms with van der Waals surface area (Å²) in [6.45, 7) is 4.88. The molecule has 74 valence electrons. The Morgan fingerprint density at radius 3 is 2.31 bits per heavy atom. The highest BCUT2D eigenvalue weighted by Gasteiger charge is 2.34. The van der Waals surface area contributed by atoms with Crippen molar-refractivity contribution in [3.8, 4) is 0 Å². The molecular weight excluding hydrogens is 201 g/mol. The Balaban J connectivity index is 4.94. The third-order valence-corrected chi connectivity index (χ3v) is 1.56. The van der Waals surface area contributed by atoms with E-state index in [4.69, 9.17) is 11.6 Å². The first kappa shape index (κ1) is 12.3. The summed E-state index contributed by atoms with van der Waals surface area (Å²) in [7, 11) is 0. The van der Waals surface area contributed by atoms with Crippen LogP contribution in [0.25, 0.3) is 0 Å². The van der Waals surface area contributed by atoms with Crippen molar-refractivity contribution in [1.82, 2.24) is 0 Å². The maximum atomic E-state index is 12.3. The van der Waals surface area contributed by atoms with Crippen LogP contribution in [0.5, 0.6) is 0 Å². The molecule has 0 saturated heterocycles. The fourth-order valence-electron chi connectivity index (χ4n) is 0.746. The van der Waals surface area contributed by atoms with Gasteiger partial charge < -0.3 is 0 Å². The van der Waals surface area contributed by atoms with Crippen molar-refractivity contribution < 1.29 is 13.2 Å². The fourth-order valence-corrected chi connectivity index (χ4v) is 1.02. The molecule has 0 heterocycles. The van der Waals surface area contributed by atoms with Crippen LogP contribution in [0.1, 0.15) is 13.3 Å². The summed E-state index contributed by atoms with van der Waals surface area (Å²) in [6, 6.07) is 0. The molecular formula is C9H10ClF3. The lowest BCUT2D eigenvalue weighted by Gasteiger charge is -2.09. The number of halogens is 4. The van der Waals surface area contributed by atoms with Crippen molar-refractivity contribution in [2.24, 2.45) is 0 Å². The topological polar surface area (TPSA) is 0 Å². The number of alkyl halides is 3. The Labute approximate surface area is 80.4 Å². The molecule has 4 heteroatoms. The molecule has 0 N–H and O–H groups in total. The lowest BCUT2D eigenvalue weighted by Crippen LogP contribution is -2.12. The monoisotopic (exact) mass is 210 g/mol. The van der Waals surface area contributed by atoms with Crippen LogP contribution in [0.2, 0.25) is 0 Å². The van der Waals surface area contributed by atoms with E-state index in [1.807, 2.05) is 0 Å². The van der Waals surface area contributed by atoms with Crippen molar-refractivity contribution in [3.05, 3.63) is 35.4 Å². The predicted octanol–water partition coefficient (Wildman–Crippen LogP) is 4.19. The molecule has 0 aliphatic carbocycles. The molecule has 0 bridgehead atoms. The van der Waals surface area contributed by atoms with Crippen molar-refractivity contribution in [2.75, 3.05) is 0 Å². The Morgan fingerprint density at radius 2 is 2.00 bits per heavy atom. The smallest absolute Gasteiger partial charge is 0.166 e. The molecule has 0 aliphatic heterocycles. The summed E-state index contributed by atoms with van der Waals surface area (Å²) in [5.74, 6) is 0. The van der Waals surface area contributed by atoms with E-state index in [0.29, 0.717) is 0 Å². The van der Waals surface area contributed by atoms with Gasteiger partial charge in [0.05, 0.1) is 10.6 Å². The zero-order chi connectivity index (χ0) is 10.5. The second-order valence-electron chi connectivity index (χ2n) is 2.27. The first-order valence-corrected chi connectivity index (χ1v) is 4.07. The molecule has 0 fully saturated rings. The number of hydrogen-bond acceptors (Lipinski definition) is 0. The summed E-state index contributed by atoms with van der Waals surface area (Å²) < 4.78 is 36.8. The summed E-state index contributed by atoms with van der Waals surface area (Å²) in [4.78, 5) is 0. The normalized spacial score (nSPS) is 14.5. The van der Waals surface area contributed by atoms with Crippen LogP contribution >= 0.6 is 11.6 Å². The molecule has 0 unspecified atom stereocenters. The van der Waals surface area contributed by atoms with Crippen LogP contribution < -0.4 is 0 Å². The summed E-state index contributed by atoms with van der Waals surface area (Å²) in [6.07, 6.45) is -0.723. The SMILES string of the molecule is C=C/C=C(Cl)\C(=C/CC)C(F)(F)F. The Kier molecular flexibility index (Phi) is 4.85. The first-order valence-electron chi connectivity index (χ1n) is 3.69. The highest BCUT2D eigenvalue weighted by atomic mass is 35.5. The molecule has 0 aromatic heterocycles. The fraction of sp³-hybridized carbons (Fsp3) is 0.333. The van der Waals surface area contributed by atoms with Crippen LogP contribution in [0.3, 0.4) is 0 Å². The van der Waals surface area contributed by atoms with Gasteiger partial charge in [0.1, 0.15) is 0 Å². The molecule has 0 saturated carbocycles. The van der Waals surface area contributed by atoms with Gasteiger partial charge in [-0.25, -0.2) is 0 Å². The Morgan fingerprint density at radius 1 is 1.46 bits per heavy atom. The van der Waals surface area contributed by atoms with Gasteiger partial charge in [0, 0.05) is 0 Å². The van der Waals surface area contributed by atoms with Crippen LogP contribution in [0.4, 0.5) is 13.2 Å². The van der Waals surface area contributed by atoms with Gasteiger partial charge in [0.15, 0.2) is 0 Å². The van der Waals surface area contributed by atoms with Gasteiger partial charge >= 0.3 is 6.18 Å². The summed E-state index contributed by atoms with van der Waals surface area (Å²) in [5.41, 5.74) is -0.809. The third kappa shape index (κ3) is 4.18. The van der Waals surface area contributed by atoms with E-state index in [0.717, 1.165) is 12.2 Å². The molecule has 0 radical (unpaired) electrons. The van der Waals surface area contributed by atoms with Crippen molar-refractivity contribution in [2.45, 2.75) is 19.5 Å². The minimum Gasteiger partial charge on any atom is -0.166 e. The Bertz CT molecular complexity index is 236. The van der Waals surface area contributed by atoms with Crippen molar-refractivity contribution in [1.29, 1.82) is 0 Å². The highest BCUT2D eigenvalue weighted by Crippen LogP contribution is 2.33. The molecule has 0 spiro atoms. The summed E-state index contributed by atoms with van der Waals surface area (Å²) in [5, 5.41) is -0.329. The number of allylic oxidation sites excluding steroid dienone is 5. The zero-order valence-electron chi connectivity index (χ0n) is 7.16. The van der Waals surface area contributed by atoms with E-state index in [1.54, 1.807) is 6.92 Å². The first-order chi connectivity index (χ1) is 5.93. The molecule has 0 aliphatic rings. The minimum absolute atomic E-state index is 0.288. The number of rotatable bonds is 3. The number of hydrogen-bond donors (Lipinski definition) is 0. The molecule has 0 atom stereocenters. The van der Waals surface area contributed by atoms with E-state index in [1.165, 1.54) is 6.08 Å². The van der Waals surface area contributed by atoms with Crippen molar-refractivity contribution in [3.63, 3.8) is 0 Å². The van der Waals surface area contributed by atoms with E-state index in [2.05, 4.69) is 6.58 Å². The van der Waals surface area contributed by atoms with Crippen molar-refractivity contribution >= 4 is 11.6 Å². The molecule has 0 amide bonds. The van der Waals surface area contributed by atoms with E-state index in [-0.39, 0.29) is 11.5 Å². The largest absolute Gasteiger partial charge is 0.417 e. The average Bonchev–Trinajstić information content (AvgIpc) is 1.98. The average molecular weight is 211 g/mol. The van der Waals surface area contributed by atoms with Gasteiger partial charge in [-0.2, -0.15) is 13.2 Å². The maximum Gasteiger partial charge on any atom is 0.417 e. The second-order valence-corrected chi connectivity index (χ2v) is 2.68.